The monoisotopic (exact) mass is 374 g/mol. The summed E-state index contributed by atoms with van der Waals surface area (Å²) in [5, 5.41) is 3.07. The molecule has 21 heavy (non-hydrogen) atoms. The van der Waals surface area contributed by atoms with Crippen LogP contribution in [0.15, 0.2) is 28.7 Å². The zero-order valence-corrected chi connectivity index (χ0v) is 14.3. The van der Waals surface area contributed by atoms with E-state index in [4.69, 9.17) is 0 Å². The van der Waals surface area contributed by atoms with Gasteiger partial charge in [-0.3, -0.25) is 4.79 Å². The van der Waals surface area contributed by atoms with Crippen molar-refractivity contribution in [3.8, 4) is 0 Å². The van der Waals surface area contributed by atoms with E-state index >= 15 is 0 Å². The van der Waals surface area contributed by atoms with Gasteiger partial charge in [0.1, 0.15) is 0 Å². The SMILES string of the molecule is CCN(C(=O)CNc1ccc(Br)cc1)C1CCS(=O)(=O)C1. The van der Waals surface area contributed by atoms with Crippen LogP contribution in [0.5, 0.6) is 0 Å². The number of benzene rings is 1. The standard InChI is InChI=1S/C14H19BrN2O3S/c1-2-17(13-7-8-21(19,20)10-13)14(18)9-16-12-5-3-11(15)4-6-12/h3-6,13,16H,2,7-10H2,1H3. The third kappa shape index (κ3) is 4.44. The number of rotatable bonds is 5. The van der Waals surface area contributed by atoms with Crippen molar-refractivity contribution in [1.29, 1.82) is 0 Å². The van der Waals surface area contributed by atoms with Crippen LogP contribution in [0, 0.1) is 0 Å². The van der Waals surface area contributed by atoms with Crippen molar-refractivity contribution in [1.82, 2.24) is 4.90 Å². The third-order valence-corrected chi connectivity index (χ3v) is 5.88. The van der Waals surface area contributed by atoms with Gasteiger partial charge in [0.25, 0.3) is 0 Å². The molecule has 1 amide bonds. The molecule has 0 radical (unpaired) electrons. The summed E-state index contributed by atoms with van der Waals surface area (Å²) in [7, 11) is -2.98. The Bertz CT molecular complexity index is 601. The molecular weight excluding hydrogens is 356 g/mol. The van der Waals surface area contributed by atoms with E-state index in [1.54, 1.807) is 4.90 Å². The van der Waals surface area contributed by atoms with Crippen molar-refractivity contribution < 1.29 is 13.2 Å². The zero-order chi connectivity index (χ0) is 15.5. The predicted octanol–water partition coefficient (Wildman–Crippen LogP) is 1.90. The van der Waals surface area contributed by atoms with Crippen molar-refractivity contribution in [3.63, 3.8) is 0 Å². The zero-order valence-electron chi connectivity index (χ0n) is 11.9. The number of nitrogens with zero attached hydrogens (tertiary/aromatic N) is 1. The van der Waals surface area contributed by atoms with E-state index in [0.29, 0.717) is 13.0 Å². The van der Waals surface area contributed by atoms with Crippen molar-refractivity contribution in [2.45, 2.75) is 19.4 Å². The molecule has 1 heterocycles. The molecule has 0 spiro atoms. The van der Waals surface area contributed by atoms with Crippen LogP contribution in [0.4, 0.5) is 5.69 Å². The molecule has 0 saturated carbocycles. The molecule has 1 aromatic carbocycles. The average Bonchev–Trinajstić information content (AvgIpc) is 2.79. The third-order valence-electron chi connectivity index (χ3n) is 3.60. The number of likely N-dealkylation sites (N-methyl/N-ethyl adjacent to an activating group) is 1. The van der Waals surface area contributed by atoms with Gasteiger partial charge in [-0.2, -0.15) is 0 Å². The maximum Gasteiger partial charge on any atom is 0.242 e. The van der Waals surface area contributed by atoms with Gasteiger partial charge in [-0.25, -0.2) is 8.42 Å². The summed E-state index contributed by atoms with van der Waals surface area (Å²) in [5.41, 5.74) is 0.863. The summed E-state index contributed by atoms with van der Waals surface area (Å²) < 4.78 is 24.1. The maximum atomic E-state index is 12.3. The van der Waals surface area contributed by atoms with E-state index in [1.807, 2.05) is 31.2 Å². The number of carbonyl (C=O) groups is 1. The fourth-order valence-electron chi connectivity index (χ4n) is 2.51. The van der Waals surface area contributed by atoms with Crippen molar-refractivity contribution >= 4 is 37.4 Å². The second-order valence-electron chi connectivity index (χ2n) is 5.10. The highest BCUT2D eigenvalue weighted by Crippen LogP contribution is 2.18. The molecule has 1 N–H and O–H groups in total. The summed E-state index contributed by atoms with van der Waals surface area (Å²) in [5.74, 6) is 0.203. The quantitative estimate of drug-likeness (QED) is 0.854. The molecule has 116 valence electrons. The first-order valence-corrected chi connectivity index (χ1v) is 9.52. The van der Waals surface area contributed by atoms with Crippen LogP contribution in [-0.4, -0.2) is 49.9 Å². The minimum atomic E-state index is -2.98. The van der Waals surface area contributed by atoms with Gasteiger partial charge < -0.3 is 10.2 Å². The van der Waals surface area contributed by atoms with E-state index < -0.39 is 9.84 Å². The average molecular weight is 375 g/mol. The summed E-state index contributed by atoms with van der Waals surface area (Å²) in [4.78, 5) is 13.9. The fraction of sp³-hybridized carbons (Fsp3) is 0.500. The van der Waals surface area contributed by atoms with Gasteiger partial charge in [-0.05, 0) is 37.6 Å². The van der Waals surface area contributed by atoms with Crippen molar-refractivity contribution in [2.24, 2.45) is 0 Å². The number of carbonyl (C=O) groups excluding carboxylic acids is 1. The van der Waals surface area contributed by atoms with Gasteiger partial charge >= 0.3 is 0 Å². The lowest BCUT2D eigenvalue weighted by molar-refractivity contribution is -0.130. The van der Waals surface area contributed by atoms with Crippen LogP contribution in [-0.2, 0) is 14.6 Å². The molecule has 2 rings (SSSR count). The largest absolute Gasteiger partial charge is 0.376 e. The Morgan fingerprint density at radius 1 is 1.38 bits per heavy atom. The molecule has 1 aromatic rings. The molecule has 1 aliphatic heterocycles. The van der Waals surface area contributed by atoms with E-state index in [9.17, 15) is 13.2 Å². The smallest absolute Gasteiger partial charge is 0.242 e. The van der Waals surface area contributed by atoms with Gasteiger partial charge in [0.15, 0.2) is 9.84 Å². The first-order chi connectivity index (χ1) is 9.91. The van der Waals surface area contributed by atoms with Crippen LogP contribution < -0.4 is 5.32 Å². The molecule has 1 unspecified atom stereocenters. The molecule has 1 aliphatic rings. The Morgan fingerprint density at radius 2 is 2.05 bits per heavy atom. The van der Waals surface area contributed by atoms with Crippen molar-refractivity contribution in [2.75, 3.05) is 29.9 Å². The molecule has 5 nitrogen and oxygen atoms in total. The first kappa shape index (κ1) is 16.3. The molecule has 0 aromatic heterocycles. The van der Waals surface area contributed by atoms with E-state index in [1.165, 1.54) is 0 Å². The van der Waals surface area contributed by atoms with Gasteiger partial charge in [-0.1, -0.05) is 15.9 Å². The number of nitrogens with one attached hydrogen (secondary N) is 1. The minimum absolute atomic E-state index is 0.0671. The summed E-state index contributed by atoms with van der Waals surface area (Å²) in [6.07, 6.45) is 0.542. The molecule has 1 fully saturated rings. The van der Waals surface area contributed by atoms with Crippen LogP contribution in [0.3, 0.4) is 0 Å². The molecular formula is C14H19BrN2O3S. The maximum absolute atomic E-state index is 12.3. The van der Waals surface area contributed by atoms with Crippen LogP contribution >= 0.6 is 15.9 Å². The lowest BCUT2D eigenvalue weighted by Crippen LogP contribution is -2.43. The second kappa shape index (κ2) is 6.79. The molecule has 1 saturated heterocycles. The van der Waals surface area contributed by atoms with Crippen molar-refractivity contribution in [3.05, 3.63) is 28.7 Å². The van der Waals surface area contributed by atoms with Gasteiger partial charge in [-0.15, -0.1) is 0 Å². The fourth-order valence-corrected chi connectivity index (χ4v) is 4.50. The number of halogens is 1. The number of amides is 1. The molecule has 7 heteroatoms. The van der Waals surface area contributed by atoms with Gasteiger partial charge in [0, 0.05) is 22.7 Å². The van der Waals surface area contributed by atoms with Crippen LogP contribution in [0.25, 0.3) is 0 Å². The number of anilines is 1. The van der Waals surface area contributed by atoms with Crippen LogP contribution in [0.2, 0.25) is 0 Å². The summed E-state index contributed by atoms with van der Waals surface area (Å²) in [6.45, 7) is 2.58. The van der Waals surface area contributed by atoms with E-state index in [-0.39, 0.29) is 30.0 Å². The highest BCUT2D eigenvalue weighted by atomic mass is 79.9. The summed E-state index contributed by atoms with van der Waals surface area (Å²) in [6, 6.07) is 7.38. The van der Waals surface area contributed by atoms with Gasteiger partial charge in [0.2, 0.25) is 5.91 Å². The number of hydrogen-bond donors (Lipinski definition) is 1. The van der Waals surface area contributed by atoms with Gasteiger partial charge in [0.05, 0.1) is 18.1 Å². The Hall–Kier alpha value is -1.08. The topological polar surface area (TPSA) is 66.5 Å². The highest BCUT2D eigenvalue weighted by molar-refractivity contribution is 9.10. The Balaban J connectivity index is 1.93. The Kier molecular flexibility index (Phi) is 5.27. The van der Waals surface area contributed by atoms with E-state index in [0.717, 1.165) is 10.2 Å². The number of sulfone groups is 1. The Morgan fingerprint density at radius 3 is 2.57 bits per heavy atom. The lowest BCUT2D eigenvalue weighted by atomic mass is 10.2. The minimum Gasteiger partial charge on any atom is -0.376 e. The second-order valence-corrected chi connectivity index (χ2v) is 8.24. The molecule has 0 aliphatic carbocycles. The highest BCUT2D eigenvalue weighted by Gasteiger charge is 2.33. The first-order valence-electron chi connectivity index (χ1n) is 6.90. The normalized spacial score (nSPS) is 20.2. The molecule has 1 atom stereocenters. The summed E-state index contributed by atoms with van der Waals surface area (Å²) >= 11 is 3.36. The predicted molar refractivity (Wildman–Crippen MR) is 87.1 cm³/mol. The van der Waals surface area contributed by atoms with Crippen LogP contribution in [0.1, 0.15) is 13.3 Å². The lowest BCUT2D eigenvalue weighted by Gasteiger charge is -2.27. The van der Waals surface area contributed by atoms with E-state index in [2.05, 4.69) is 21.2 Å². The Labute approximate surface area is 133 Å². The number of hydrogen-bond acceptors (Lipinski definition) is 4. The molecule has 0 bridgehead atoms.